The number of allylic oxidation sites excluding steroid dienone is 1. The Morgan fingerprint density at radius 2 is 1.78 bits per heavy atom. The molecule has 2 aromatic carbocycles. The lowest BCUT2D eigenvalue weighted by Gasteiger charge is -2.05. The minimum Gasteiger partial charge on any atom is -0.491 e. The van der Waals surface area contributed by atoms with Gasteiger partial charge in [-0.25, -0.2) is 0 Å². The van der Waals surface area contributed by atoms with E-state index < -0.39 is 0 Å². The van der Waals surface area contributed by atoms with Crippen LogP contribution in [0.4, 0.5) is 0 Å². The van der Waals surface area contributed by atoms with E-state index in [1.54, 1.807) is 61.7 Å². The molecule has 0 spiro atoms. The van der Waals surface area contributed by atoms with Crippen molar-refractivity contribution < 1.29 is 14.3 Å². The Kier molecular flexibility index (Phi) is 6.10. The van der Waals surface area contributed by atoms with Gasteiger partial charge >= 0.3 is 0 Å². The van der Waals surface area contributed by atoms with Crippen LogP contribution < -0.4 is 4.74 Å². The molecule has 116 valence electrons. The average Bonchev–Trinajstić information content (AvgIpc) is 2.61. The van der Waals surface area contributed by atoms with Crippen molar-refractivity contribution in [3.05, 3.63) is 71.3 Å². The summed E-state index contributed by atoms with van der Waals surface area (Å²) < 4.78 is 10.4. The van der Waals surface area contributed by atoms with Crippen LogP contribution in [0.2, 0.25) is 0 Å². The van der Waals surface area contributed by atoms with Crippen LogP contribution in [0.25, 0.3) is 6.08 Å². The number of benzene rings is 2. The van der Waals surface area contributed by atoms with Gasteiger partial charge in [0.15, 0.2) is 5.78 Å². The summed E-state index contributed by atoms with van der Waals surface area (Å²) in [7, 11) is 1.62. The van der Waals surface area contributed by atoms with Gasteiger partial charge in [0.05, 0.1) is 18.2 Å². The molecule has 0 fully saturated rings. The van der Waals surface area contributed by atoms with Gasteiger partial charge in [-0.3, -0.25) is 4.79 Å². The highest BCUT2D eigenvalue weighted by Gasteiger charge is 2.02. The maximum atomic E-state index is 12.1. The van der Waals surface area contributed by atoms with Crippen molar-refractivity contribution in [2.24, 2.45) is 0 Å². The molecule has 0 amide bonds. The van der Waals surface area contributed by atoms with Crippen LogP contribution in [0.1, 0.15) is 21.5 Å². The molecule has 0 aromatic heterocycles. The molecule has 0 N–H and O–H groups in total. The minimum absolute atomic E-state index is 0.0854. The molecule has 2 aromatic rings. The largest absolute Gasteiger partial charge is 0.491 e. The van der Waals surface area contributed by atoms with E-state index in [2.05, 4.69) is 6.07 Å². The highest BCUT2D eigenvalue weighted by molar-refractivity contribution is 6.06. The Hall–Kier alpha value is -2.90. The summed E-state index contributed by atoms with van der Waals surface area (Å²) in [6.07, 6.45) is 3.24. The molecule has 4 heteroatoms. The minimum atomic E-state index is -0.0854. The van der Waals surface area contributed by atoms with E-state index in [1.165, 1.54) is 6.08 Å². The highest BCUT2D eigenvalue weighted by Crippen LogP contribution is 2.13. The molecular weight excluding hydrogens is 290 g/mol. The third kappa shape index (κ3) is 5.10. The second kappa shape index (κ2) is 8.52. The molecule has 0 aliphatic carbocycles. The number of ketones is 1. The first-order chi connectivity index (χ1) is 11.2. The van der Waals surface area contributed by atoms with Gasteiger partial charge in [0.25, 0.3) is 0 Å². The zero-order chi connectivity index (χ0) is 16.5. The standard InChI is InChI=1S/C19H17NO3/c1-22-12-13-23-18-9-7-17(8-10-18)19(21)11-6-15-2-4-16(14-20)5-3-15/h2-11H,12-13H2,1H3. The van der Waals surface area contributed by atoms with Crippen molar-refractivity contribution >= 4 is 11.9 Å². The lowest BCUT2D eigenvalue weighted by molar-refractivity contribution is 0.104. The summed E-state index contributed by atoms with van der Waals surface area (Å²) in [5, 5.41) is 8.75. The van der Waals surface area contributed by atoms with Gasteiger partial charge in [-0.2, -0.15) is 5.26 Å². The van der Waals surface area contributed by atoms with E-state index in [4.69, 9.17) is 14.7 Å². The van der Waals surface area contributed by atoms with Crippen molar-refractivity contribution in [1.29, 1.82) is 5.26 Å². The van der Waals surface area contributed by atoms with E-state index in [0.717, 1.165) is 5.56 Å². The lowest BCUT2D eigenvalue weighted by Crippen LogP contribution is -2.04. The summed E-state index contributed by atoms with van der Waals surface area (Å²) in [6.45, 7) is 0.996. The van der Waals surface area contributed by atoms with Crippen LogP contribution >= 0.6 is 0 Å². The molecule has 0 radical (unpaired) electrons. The van der Waals surface area contributed by atoms with Gasteiger partial charge < -0.3 is 9.47 Å². The molecule has 0 atom stereocenters. The predicted octanol–water partition coefficient (Wildman–Crippen LogP) is 3.48. The number of rotatable bonds is 7. The van der Waals surface area contributed by atoms with E-state index in [0.29, 0.717) is 30.1 Å². The fourth-order valence-electron chi connectivity index (χ4n) is 1.90. The molecule has 0 aliphatic heterocycles. The van der Waals surface area contributed by atoms with Gasteiger partial charge in [-0.1, -0.05) is 18.2 Å². The molecule has 0 heterocycles. The van der Waals surface area contributed by atoms with Crippen LogP contribution in [0.3, 0.4) is 0 Å². The smallest absolute Gasteiger partial charge is 0.185 e. The van der Waals surface area contributed by atoms with Gasteiger partial charge in [0.2, 0.25) is 0 Å². The zero-order valence-corrected chi connectivity index (χ0v) is 12.9. The van der Waals surface area contributed by atoms with E-state index in [1.807, 2.05) is 0 Å². The molecule has 0 saturated carbocycles. The Morgan fingerprint density at radius 3 is 2.39 bits per heavy atom. The van der Waals surface area contributed by atoms with Crippen LogP contribution in [0.15, 0.2) is 54.6 Å². The summed E-state index contributed by atoms with van der Waals surface area (Å²) >= 11 is 0. The molecule has 0 saturated heterocycles. The molecule has 0 aliphatic rings. The van der Waals surface area contributed by atoms with Crippen molar-refractivity contribution in [3.8, 4) is 11.8 Å². The fraction of sp³-hybridized carbons (Fsp3) is 0.158. The van der Waals surface area contributed by atoms with Crippen LogP contribution in [-0.4, -0.2) is 26.1 Å². The first kappa shape index (κ1) is 16.5. The summed E-state index contributed by atoms with van der Waals surface area (Å²) in [5.41, 5.74) is 2.06. The summed E-state index contributed by atoms with van der Waals surface area (Å²) in [4.78, 5) is 12.1. The van der Waals surface area contributed by atoms with Crippen LogP contribution in [-0.2, 0) is 4.74 Å². The lowest BCUT2D eigenvalue weighted by atomic mass is 10.1. The Bertz CT molecular complexity index is 710. The van der Waals surface area contributed by atoms with Crippen molar-refractivity contribution in [2.75, 3.05) is 20.3 Å². The second-order valence-electron chi connectivity index (χ2n) is 4.80. The van der Waals surface area contributed by atoms with Crippen molar-refractivity contribution in [1.82, 2.24) is 0 Å². The fourth-order valence-corrected chi connectivity index (χ4v) is 1.90. The van der Waals surface area contributed by atoms with E-state index in [-0.39, 0.29) is 5.78 Å². The Balaban J connectivity index is 1.96. The van der Waals surface area contributed by atoms with Gasteiger partial charge in [0.1, 0.15) is 12.4 Å². The normalized spacial score (nSPS) is 10.4. The predicted molar refractivity (Wildman–Crippen MR) is 88.3 cm³/mol. The van der Waals surface area contributed by atoms with Gasteiger partial charge in [-0.15, -0.1) is 0 Å². The Labute approximate surface area is 135 Å². The van der Waals surface area contributed by atoms with E-state index in [9.17, 15) is 4.79 Å². The molecule has 4 nitrogen and oxygen atoms in total. The monoisotopic (exact) mass is 307 g/mol. The number of nitriles is 1. The topological polar surface area (TPSA) is 59.3 Å². The Morgan fingerprint density at radius 1 is 1.09 bits per heavy atom. The third-order valence-corrected chi connectivity index (χ3v) is 3.16. The molecule has 23 heavy (non-hydrogen) atoms. The molecule has 0 unspecified atom stereocenters. The maximum Gasteiger partial charge on any atom is 0.185 e. The third-order valence-electron chi connectivity index (χ3n) is 3.16. The maximum absolute atomic E-state index is 12.1. The number of carbonyl (C=O) groups excluding carboxylic acids is 1. The quantitative estimate of drug-likeness (QED) is 0.446. The number of hydrogen-bond donors (Lipinski definition) is 0. The van der Waals surface area contributed by atoms with Crippen molar-refractivity contribution in [2.45, 2.75) is 0 Å². The first-order valence-electron chi connectivity index (χ1n) is 7.17. The number of nitrogens with zero attached hydrogens (tertiary/aromatic N) is 1. The van der Waals surface area contributed by atoms with E-state index >= 15 is 0 Å². The highest BCUT2D eigenvalue weighted by atomic mass is 16.5. The first-order valence-corrected chi connectivity index (χ1v) is 7.17. The number of carbonyl (C=O) groups is 1. The number of methoxy groups -OCH3 is 1. The van der Waals surface area contributed by atoms with Crippen molar-refractivity contribution in [3.63, 3.8) is 0 Å². The summed E-state index contributed by atoms with van der Waals surface area (Å²) in [5.74, 6) is 0.618. The van der Waals surface area contributed by atoms with Crippen LogP contribution in [0.5, 0.6) is 5.75 Å². The van der Waals surface area contributed by atoms with Gasteiger partial charge in [-0.05, 0) is 48.0 Å². The average molecular weight is 307 g/mol. The second-order valence-corrected chi connectivity index (χ2v) is 4.80. The van der Waals surface area contributed by atoms with Crippen LogP contribution in [0, 0.1) is 11.3 Å². The number of ether oxygens (including phenoxy) is 2. The zero-order valence-electron chi connectivity index (χ0n) is 12.9. The molecular formula is C19H17NO3. The number of hydrogen-bond acceptors (Lipinski definition) is 4. The molecule has 0 bridgehead atoms. The van der Waals surface area contributed by atoms with Gasteiger partial charge in [0, 0.05) is 12.7 Å². The molecule has 2 rings (SSSR count). The summed E-state index contributed by atoms with van der Waals surface area (Å²) in [6, 6.07) is 16.1. The SMILES string of the molecule is COCCOc1ccc(C(=O)C=Cc2ccc(C#N)cc2)cc1.